The number of hydrogen-bond donors (Lipinski definition) is 6. The van der Waals surface area contributed by atoms with Gasteiger partial charge in [-0.25, -0.2) is 9.59 Å². The molecule has 6 N–H and O–H groups in total. The molecule has 0 radical (unpaired) electrons. The second kappa shape index (κ2) is 18.8. The van der Waals surface area contributed by atoms with Gasteiger partial charge in [0, 0.05) is 18.5 Å². The summed E-state index contributed by atoms with van der Waals surface area (Å²) in [5, 5.41) is 46.9. The molecular weight excluding hydrogens is 482 g/mol. The van der Waals surface area contributed by atoms with Gasteiger partial charge in [0.25, 0.3) is 0 Å². The molecular formula is C27H37NO9. The Hall–Kier alpha value is -3.47. The number of benzene rings is 2. The molecule has 1 atom stereocenters. The van der Waals surface area contributed by atoms with Gasteiger partial charge in [0.2, 0.25) is 0 Å². The van der Waals surface area contributed by atoms with Crippen LogP contribution in [-0.4, -0.2) is 63.1 Å². The normalized spacial score (nSPS) is 11.2. The molecule has 2 rings (SSSR count). The zero-order chi connectivity index (χ0) is 27.5. The van der Waals surface area contributed by atoms with E-state index in [1.807, 2.05) is 18.2 Å². The van der Waals surface area contributed by atoms with Crippen molar-refractivity contribution in [3.8, 4) is 5.75 Å². The van der Waals surface area contributed by atoms with Gasteiger partial charge < -0.3 is 35.6 Å². The number of ether oxygens (including phenoxy) is 1. The van der Waals surface area contributed by atoms with Crippen LogP contribution in [0.1, 0.15) is 61.3 Å². The van der Waals surface area contributed by atoms with Crippen molar-refractivity contribution in [3.63, 3.8) is 0 Å². The van der Waals surface area contributed by atoms with E-state index in [4.69, 9.17) is 24.5 Å². The van der Waals surface area contributed by atoms with Crippen LogP contribution in [0.25, 0.3) is 0 Å². The molecule has 0 fully saturated rings. The molecule has 0 heterocycles. The first-order chi connectivity index (χ1) is 17.7. The average molecular weight is 520 g/mol. The van der Waals surface area contributed by atoms with Crippen molar-refractivity contribution in [2.45, 2.75) is 57.7 Å². The molecule has 0 saturated carbocycles. The number of aryl methyl sites for hydroxylation is 1. The van der Waals surface area contributed by atoms with E-state index in [9.17, 15) is 20.1 Å². The Kier molecular flexibility index (Phi) is 16.0. The number of aliphatic hydroxyl groups excluding tert-OH is 2. The van der Waals surface area contributed by atoms with Crippen molar-refractivity contribution in [1.82, 2.24) is 5.32 Å². The number of hydrogen-bond acceptors (Lipinski definition) is 8. The largest absolute Gasteiger partial charge is 0.508 e. The highest BCUT2D eigenvalue weighted by molar-refractivity contribution is 6.27. The molecule has 0 spiro atoms. The summed E-state index contributed by atoms with van der Waals surface area (Å²) in [6, 6.07) is 15.0. The molecule has 204 valence electrons. The zero-order valence-electron chi connectivity index (χ0n) is 20.8. The Balaban J connectivity index is 0.00000102. The highest BCUT2D eigenvalue weighted by Gasteiger charge is 2.10. The average Bonchev–Trinajstić information content (AvgIpc) is 2.89. The fourth-order valence-corrected chi connectivity index (χ4v) is 3.33. The number of carboxylic acids is 2. The lowest BCUT2D eigenvalue weighted by atomic mass is 10.1. The summed E-state index contributed by atoms with van der Waals surface area (Å²) >= 11 is 0. The summed E-state index contributed by atoms with van der Waals surface area (Å²) in [5.74, 6) is -3.75. The first-order valence-corrected chi connectivity index (χ1v) is 12.2. The number of rotatable bonds is 15. The summed E-state index contributed by atoms with van der Waals surface area (Å²) < 4.78 is 5.29. The number of nitrogens with one attached hydrogen (secondary N) is 1. The SMILES string of the molecule is O=C(CCCCCNCC(O)c1ccc(O)c(CO)c1)OCCCCc1ccccc1.O=C(O)C(=O)O. The maximum atomic E-state index is 11.8. The van der Waals surface area contributed by atoms with Crippen LogP contribution < -0.4 is 5.32 Å². The van der Waals surface area contributed by atoms with Crippen LogP contribution in [0.2, 0.25) is 0 Å². The lowest BCUT2D eigenvalue weighted by molar-refractivity contribution is -0.159. The third-order valence-electron chi connectivity index (χ3n) is 5.38. The molecule has 0 amide bonds. The number of phenols is 1. The van der Waals surface area contributed by atoms with E-state index >= 15 is 0 Å². The van der Waals surface area contributed by atoms with Crippen molar-refractivity contribution in [2.24, 2.45) is 0 Å². The van der Waals surface area contributed by atoms with Gasteiger partial charge in [-0.2, -0.15) is 0 Å². The third-order valence-corrected chi connectivity index (χ3v) is 5.38. The van der Waals surface area contributed by atoms with Crippen LogP contribution in [-0.2, 0) is 32.1 Å². The van der Waals surface area contributed by atoms with E-state index in [0.717, 1.165) is 45.1 Å². The van der Waals surface area contributed by atoms with E-state index in [0.29, 0.717) is 30.7 Å². The molecule has 0 aliphatic heterocycles. The summed E-state index contributed by atoms with van der Waals surface area (Å²) in [4.78, 5) is 30.0. The molecule has 10 nitrogen and oxygen atoms in total. The monoisotopic (exact) mass is 519 g/mol. The predicted octanol–water partition coefficient (Wildman–Crippen LogP) is 2.79. The maximum absolute atomic E-state index is 11.8. The van der Waals surface area contributed by atoms with Crippen LogP contribution in [0.5, 0.6) is 5.75 Å². The van der Waals surface area contributed by atoms with Crippen LogP contribution in [0.15, 0.2) is 48.5 Å². The molecule has 0 aliphatic rings. The van der Waals surface area contributed by atoms with E-state index in [1.165, 1.54) is 11.6 Å². The highest BCUT2D eigenvalue weighted by Crippen LogP contribution is 2.22. The molecule has 0 bridgehead atoms. The minimum absolute atomic E-state index is 0.0251. The Bertz CT molecular complexity index is 938. The van der Waals surface area contributed by atoms with Crippen LogP contribution in [0.4, 0.5) is 0 Å². The third kappa shape index (κ3) is 14.6. The first-order valence-electron chi connectivity index (χ1n) is 12.2. The molecule has 0 aliphatic carbocycles. The van der Waals surface area contributed by atoms with E-state index in [-0.39, 0.29) is 18.3 Å². The number of unbranched alkanes of at least 4 members (excludes halogenated alkanes) is 3. The summed E-state index contributed by atoms with van der Waals surface area (Å²) in [7, 11) is 0. The van der Waals surface area contributed by atoms with Gasteiger partial charge >= 0.3 is 17.9 Å². The fraction of sp³-hybridized carbons (Fsp3) is 0.444. The molecule has 0 aromatic heterocycles. The number of aliphatic carboxylic acids is 2. The number of carbonyl (C=O) groups is 3. The highest BCUT2D eigenvalue weighted by atomic mass is 16.5. The van der Waals surface area contributed by atoms with Gasteiger partial charge in [0.05, 0.1) is 19.3 Å². The van der Waals surface area contributed by atoms with Crippen LogP contribution in [0.3, 0.4) is 0 Å². The minimum Gasteiger partial charge on any atom is -0.508 e. The van der Waals surface area contributed by atoms with Crippen LogP contribution >= 0.6 is 0 Å². The second-order valence-electron chi connectivity index (χ2n) is 8.35. The van der Waals surface area contributed by atoms with Gasteiger partial charge in [-0.15, -0.1) is 0 Å². The van der Waals surface area contributed by atoms with E-state index in [2.05, 4.69) is 17.4 Å². The lowest BCUT2D eigenvalue weighted by Crippen LogP contribution is -2.22. The van der Waals surface area contributed by atoms with Gasteiger partial charge in [0.15, 0.2) is 0 Å². The minimum atomic E-state index is -1.82. The standard InChI is InChI=1S/C25H35NO5.C2H2O4/c27-19-22-17-21(13-14-23(22)28)24(29)18-26-15-7-2-5-12-25(30)31-16-8-6-11-20-9-3-1-4-10-20;3-1(4)2(5)6/h1,3-4,9-10,13-14,17,24,26-29H,2,5-8,11-12,15-16,18-19H2;(H,3,4)(H,5,6). The Morgan fingerprint density at radius 2 is 1.59 bits per heavy atom. The fourth-order valence-electron chi connectivity index (χ4n) is 3.33. The smallest absolute Gasteiger partial charge is 0.414 e. The van der Waals surface area contributed by atoms with Crippen molar-refractivity contribution in [3.05, 3.63) is 65.2 Å². The lowest BCUT2D eigenvalue weighted by Gasteiger charge is -2.14. The van der Waals surface area contributed by atoms with Crippen molar-refractivity contribution in [1.29, 1.82) is 0 Å². The topological polar surface area (TPSA) is 174 Å². The quantitative estimate of drug-likeness (QED) is 0.117. The number of esters is 1. The van der Waals surface area contributed by atoms with Gasteiger partial charge in [0.1, 0.15) is 5.75 Å². The van der Waals surface area contributed by atoms with E-state index < -0.39 is 18.0 Å². The zero-order valence-corrected chi connectivity index (χ0v) is 20.8. The summed E-state index contributed by atoms with van der Waals surface area (Å²) in [6.45, 7) is 1.35. The Morgan fingerprint density at radius 3 is 2.24 bits per heavy atom. The van der Waals surface area contributed by atoms with Crippen molar-refractivity contribution >= 4 is 17.9 Å². The van der Waals surface area contributed by atoms with Gasteiger partial charge in [-0.3, -0.25) is 4.79 Å². The van der Waals surface area contributed by atoms with Gasteiger partial charge in [-0.1, -0.05) is 42.8 Å². The number of aliphatic hydroxyl groups is 2. The molecule has 2 aromatic rings. The van der Waals surface area contributed by atoms with Crippen molar-refractivity contribution in [2.75, 3.05) is 19.7 Å². The molecule has 2 aromatic carbocycles. The number of aromatic hydroxyl groups is 1. The Morgan fingerprint density at radius 1 is 0.892 bits per heavy atom. The Labute approximate surface area is 216 Å². The molecule has 1 unspecified atom stereocenters. The molecule has 10 heteroatoms. The van der Waals surface area contributed by atoms with Crippen LogP contribution in [0, 0.1) is 0 Å². The number of carbonyl (C=O) groups excluding carboxylic acids is 1. The van der Waals surface area contributed by atoms with E-state index in [1.54, 1.807) is 12.1 Å². The van der Waals surface area contributed by atoms with Gasteiger partial charge in [-0.05, 0) is 61.9 Å². The molecule has 37 heavy (non-hydrogen) atoms. The first kappa shape index (κ1) is 31.6. The van der Waals surface area contributed by atoms with Crippen molar-refractivity contribution < 1.29 is 44.7 Å². The maximum Gasteiger partial charge on any atom is 0.414 e. The second-order valence-corrected chi connectivity index (χ2v) is 8.35. The summed E-state index contributed by atoms with van der Waals surface area (Å²) in [6.07, 6.45) is 5.27. The summed E-state index contributed by atoms with van der Waals surface area (Å²) in [5.41, 5.74) is 2.37. The predicted molar refractivity (Wildman–Crippen MR) is 136 cm³/mol. The number of carboxylic acid groups (broad SMARTS) is 2. The molecule has 0 saturated heterocycles.